The van der Waals surface area contributed by atoms with Crippen molar-refractivity contribution in [2.45, 2.75) is 6.92 Å². The lowest BCUT2D eigenvalue weighted by atomic mass is 10.1. The molecule has 0 saturated carbocycles. The predicted molar refractivity (Wildman–Crippen MR) is 119 cm³/mol. The summed E-state index contributed by atoms with van der Waals surface area (Å²) >= 11 is 0. The number of hydrogen-bond acceptors (Lipinski definition) is 7. The minimum absolute atomic E-state index is 0.00523. The number of H-pyrrole nitrogens is 1. The van der Waals surface area contributed by atoms with Crippen molar-refractivity contribution in [1.29, 1.82) is 0 Å². The molecule has 5 rings (SSSR count). The normalized spacial score (nSPS) is 12.0. The van der Waals surface area contributed by atoms with Crippen molar-refractivity contribution in [3.8, 4) is 23.0 Å². The highest BCUT2D eigenvalue weighted by atomic mass is 16.7. The molecule has 2 aromatic heterocycles. The van der Waals surface area contributed by atoms with Gasteiger partial charge < -0.3 is 28.9 Å². The van der Waals surface area contributed by atoms with Crippen LogP contribution in [0.3, 0.4) is 0 Å². The van der Waals surface area contributed by atoms with E-state index in [1.165, 1.54) is 6.07 Å². The van der Waals surface area contributed by atoms with Crippen LogP contribution in [0.4, 0.5) is 5.69 Å². The molecule has 2 aromatic carbocycles. The molecule has 1 aliphatic heterocycles. The Kier molecular flexibility index (Phi) is 5.06. The molecular weight excluding hydrogens is 428 g/mol. The van der Waals surface area contributed by atoms with Gasteiger partial charge >= 0.3 is 11.6 Å². The number of aromatic amines is 1. The minimum Gasteiger partial charge on any atom is -0.462 e. The summed E-state index contributed by atoms with van der Waals surface area (Å²) in [6.45, 7) is 1.93. The predicted octanol–water partition coefficient (Wildman–Crippen LogP) is 3.95. The number of amides is 1. The Labute approximate surface area is 186 Å². The first-order valence-electron chi connectivity index (χ1n) is 10.2. The van der Waals surface area contributed by atoms with E-state index in [1.807, 2.05) is 0 Å². The summed E-state index contributed by atoms with van der Waals surface area (Å²) in [5.74, 6) is -0.0275. The summed E-state index contributed by atoms with van der Waals surface area (Å²) < 4.78 is 21.4. The van der Waals surface area contributed by atoms with Gasteiger partial charge in [0.1, 0.15) is 11.3 Å². The van der Waals surface area contributed by atoms with Gasteiger partial charge in [0.25, 0.3) is 5.91 Å². The van der Waals surface area contributed by atoms with Gasteiger partial charge in [0.05, 0.1) is 12.3 Å². The maximum Gasteiger partial charge on any atom is 0.360 e. The molecule has 0 radical (unpaired) electrons. The van der Waals surface area contributed by atoms with Gasteiger partial charge in [-0.25, -0.2) is 9.59 Å². The standard InChI is InChI=1S/C24H18N2O7/c1-2-30-23(28)15-10-18(26-22(27)13-6-4-3-5-7-13)24(29)33-21(15)17-8-14-9-19-20(32-12-31-19)11-16(14)25-17/h3-11,25H,2,12H2,1H3,(H,26,27). The molecule has 4 aromatic rings. The smallest absolute Gasteiger partial charge is 0.360 e. The van der Waals surface area contributed by atoms with Gasteiger partial charge in [0.15, 0.2) is 17.3 Å². The number of anilines is 1. The van der Waals surface area contributed by atoms with Crippen molar-refractivity contribution in [3.05, 3.63) is 76.1 Å². The first-order valence-corrected chi connectivity index (χ1v) is 10.2. The third-order valence-electron chi connectivity index (χ3n) is 5.09. The van der Waals surface area contributed by atoms with Crippen molar-refractivity contribution in [2.75, 3.05) is 18.7 Å². The number of benzene rings is 2. The van der Waals surface area contributed by atoms with Crippen molar-refractivity contribution in [1.82, 2.24) is 4.98 Å². The molecule has 2 N–H and O–H groups in total. The summed E-state index contributed by atoms with van der Waals surface area (Å²) in [7, 11) is 0. The molecular formula is C24H18N2O7. The second-order valence-corrected chi connectivity index (χ2v) is 7.21. The van der Waals surface area contributed by atoms with Gasteiger partial charge in [-0.1, -0.05) is 18.2 Å². The lowest BCUT2D eigenvalue weighted by Crippen LogP contribution is -2.20. The SMILES string of the molecule is CCOC(=O)c1cc(NC(=O)c2ccccc2)c(=O)oc1-c1cc2cc3c(cc2[nH]1)OCO3. The van der Waals surface area contributed by atoms with Gasteiger partial charge in [-0.3, -0.25) is 4.79 Å². The molecule has 9 heteroatoms. The number of ether oxygens (including phenoxy) is 3. The fraction of sp³-hybridized carbons (Fsp3) is 0.125. The third kappa shape index (κ3) is 3.80. The molecule has 3 heterocycles. The quantitative estimate of drug-likeness (QED) is 0.446. The number of fused-ring (bicyclic) bond motifs is 2. The summed E-state index contributed by atoms with van der Waals surface area (Å²) in [4.78, 5) is 41.0. The monoisotopic (exact) mass is 446 g/mol. The van der Waals surface area contributed by atoms with Crippen molar-refractivity contribution in [3.63, 3.8) is 0 Å². The maximum absolute atomic E-state index is 12.7. The molecule has 0 fully saturated rings. The maximum atomic E-state index is 12.7. The first-order chi connectivity index (χ1) is 16.0. The fourth-order valence-electron chi connectivity index (χ4n) is 3.55. The van der Waals surface area contributed by atoms with Crippen LogP contribution < -0.4 is 20.4 Å². The zero-order valence-electron chi connectivity index (χ0n) is 17.5. The van der Waals surface area contributed by atoms with E-state index in [9.17, 15) is 14.4 Å². The Bertz CT molecular complexity index is 1400. The molecule has 166 valence electrons. The van der Waals surface area contributed by atoms with Crippen LogP contribution in [0.2, 0.25) is 0 Å². The number of nitrogens with one attached hydrogen (secondary N) is 2. The molecule has 9 nitrogen and oxygen atoms in total. The lowest BCUT2D eigenvalue weighted by molar-refractivity contribution is 0.0524. The van der Waals surface area contributed by atoms with Crippen LogP contribution >= 0.6 is 0 Å². The van der Waals surface area contributed by atoms with Gasteiger partial charge in [0.2, 0.25) is 6.79 Å². The minimum atomic E-state index is -0.810. The van der Waals surface area contributed by atoms with E-state index in [2.05, 4.69) is 10.3 Å². The molecule has 33 heavy (non-hydrogen) atoms. The molecule has 0 spiro atoms. The van der Waals surface area contributed by atoms with Crippen molar-refractivity contribution >= 4 is 28.5 Å². The number of carbonyl (C=O) groups is 2. The molecule has 1 amide bonds. The van der Waals surface area contributed by atoms with E-state index in [-0.39, 0.29) is 30.4 Å². The zero-order chi connectivity index (χ0) is 22.9. The number of carbonyl (C=O) groups excluding carboxylic acids is 2. The van der Waals surface area contributed by atoms with Gasteiger partial charge in [0, 0.05) is 22.5 Å². The second kappa shape index (κ2) is 8.19. The van der Waals surface area contributed by atoms with E-state index in [0.717, 1.165) is 5.39 Å². The Morgan fingerprint density at radius 1 is 1.06 bits per heavy atom. The van der Waals surface area contributed by atoms with E-state index in [4.69, 9.17) is 18.6 Å². The molecule has 1 aliphatic rings. The van der Waals surface area contributed by atoms with E-state index >= 15 is 0 Å². The summed E-state index contributed by atoms with van der Waals surface area (Å²) in [5.41, 5.74) is 0.448. The van der Waals surface area contributed by atoms with Crippen molar-refractivity contribution in [2.24, 2.45) is 0 Å². The number of esters is 1. The number of rotatable bonds is 5. The Morgan fingerprint density at radius 3 is 2.58 bits per heavy atom. The highest BCUT2D eigenvalue weighted by molar-refractivity contribution is 6.05. The molecule has 0 atom stereocenters. The molecule has 0 unspecified atom stereocenters. The second-order valence-electron chi connectivity index (χ2n) is 7.21. The van der Waals surface area contributed by atoms with Crippen LogP contribution in [0.5, 0.6) is 11.5 Å². The number of hydrogen-bond donors (Lipinski definition) is 2. The molecule has 0 saturated heterocycles. The van der Waals surface area contributed by atoms with Crippen LogP contribution in [-0.4, -0.2) is 30.3 Å². The average molecular weight is 446 g/mol. The fourth-order valence-corrected chi connectivity index (χ4v) is 3.55. The zero-order valence-corrected chi connectivity index (χ0v) is 17.5. The highest BCUT2D eigenvalue weighted by Crippen LogP contribution is 2.38. The number of aromatic nitrogens is 1. The Balaban J connectivity index is 1.57. The van der Waals surface area contributed by atoms with E-state index in [0.29, 0.717) is 28.3 Å². The molecule has 0 aliphatic carbocycles. The topological polar surface area (TPSA) is 120 Å². The van der Waals surface area contributed by atoms with Crippen LogP contribution in [-0.2, 0) is 4.74 Å². The lowest BCUT2D eigenvalue weighted by Gasteiger charge is -2.09. The van der Waals surface area contributed by atoms with Crippen LogP contribution in [0, 0.1) is 0 Å². The van der Waals surface area contributed by atoms with Gasteiger partial charge in [-0.05, 0) is 37.3 Å². The highest BCUT2D eigenvalue weighted by Gasteiger charge is 2.23. The summed E-state index contributed by atoms with van der Waals surface area (Å²) in [6, 6.07) is 14.9. The summed E-state index contributed by atoms with van der Waals surface area (Å²) in [5, 5.41) is 3.27. The third-order valence-corrected chi connectivity index (χ3v) is 5.09. The molecule has 0 bridgehead atoms. The Morgan fingerprint density at radius 2 is 1.82 bits per heavy atom. The van der Waals surface area contributed by atoms with Crippen molar-refractivity contribution < 1.29 is 28.2 Å². The summed E-state index contributed by atoms with van der Waals surface area (Å²) in [6.07, 6.45) is 0. The van der Waals surface area contributed by atoms with E-state index in [1.54, 1.807) is 55.5 Å². The van der Waals surface area contributed by atoms with Crippen LogP contribution in [0.25, 0.3) is 22.4 Å². The van der Waals surface area contributed by atoms with E-state index < -0.39 is 17.5 Å². The largest absolute Gasteiger partial charge is 0.462 e. The van der Waals surface area contributed by atoms with Crippen LogP contribution in [0.1, 0.15) is 27.6 Å². The van der Waals surface area contributed by atoms with Crippen LogP contribution in [0.15, 0.2) is 63.8 Å². The van der Waals surface area contributed by atoms with Gasteiger partial charge in [-0.2, -0.15) is 0 Å². The average Bonchev–Trinajstić information content (AvgIpc) is 3.45. The first kappa shape index (κ1) is 20.4. The van der Waals surface area contributed by atoms with Gasteiger partial charge in [-0.15, -0.1) is 0 Å². The Hall–Kier alpha value is -4.53.